The van der Waals surface area contributed by atoms with E-state index >= 15 is 0 Å². The highest BCUT2D eigenvalue weighted by atomic mass is 32.2. The van der Waals surface area contributed by atoms with Crippen molar-refractivity contribution in [2.75, 3.05) is 12.8 Å². The first-order valence-electron chi connectivity index (χ1n) is 3.94. The molecule has 0 heterocycles. The summed E-state index contributed by atoms with van der Waals surface area (Å²) in [5, 5.41) is 2.90. The first-order chi connectivity index (χ1) is 6.63. The maximum atomic E-state index is 10.4. The summed E-state index contributed by atoms with van der Waals surface area (Å²) in [5.41, 5.74) is 6.70. The van der Waals surface area contributed by atoms with E-state index in [0.29, 0.717) is 12.2 Å². The minimum Gasteiger partial charge on any atom is -0.740 e. The molecule has 0 fully saturated rings. The Labute approximate surface area is 84.8 Å². The monoisotopic (exact) mass is 215 g/mol. The van der Waals surface area contributed by atoms with Crippen molar-refractivity contribution in [3.63, 3.8) is 0 Å². The van der Waals surface area contributed by atoms with Crippen LogP contribution in [0.25, 0.3) is 0 Å². The van der Waals surface area contributed by atoms with Gasteiger partial charge in [-0.15, -0.1) is 0 Å². The van der Waals surface area contributed by atoms with Crippen LogP contribution in [0.15, 0.2) is 18.2 Å². The molecule has 1 aromatic rings. The molecule has 78 valence electrons. The molecule has 1 atom stereocenters. The smallest absolute Gasteiger partial charge is 0.145 e. The predicted octanol–water partition coefficient (Wildman–Crippen LogP) is 0.161. The third kappa shape index (κ3) is 2.99. The zero-order valence-corrected chi connectivity index (χ0v) is 8.47. The van der Waals surface area contributed by atoms with Crippen LogP contribution >= 0.6 is 0 Å². The predicted molar refractivity (Wildman–Crippen MR) is 53.2 cm³/mol. The van der Waals surface area contributed by atoms with E-state index in [-0.39, 0.29) is 5.75 Å². The Morgan fingerprint density at radius 1 is 1.64 bits per heavy atom. The third-order valence-electron chi connectivity index (χ3n) is 1.62. The Kier molecular flexibility index (Phi) is 3.87. The maximum Gasteiger partial charge on any atom is 0.145 e. The molecule has 0 saturated heterocycles. The lowest BCUT2D eigenvalue weighted by Gasteiger charge is -2.12. The fourth-order valence-electron chi connectivity index (χ4n) is 1.06. The van der Waals surface area contributed by atoms with E-state index in [1.165, 1.54) is 6.07 Å². The summed E-state index contributed by atoms with van der Waals surface area (Å²) in [5.74, 6) is 0.257. The fourth-order valence-corrected chi connectivity index (χ4v) is 1.36. The Bertz CT molecular complexity index is 343. The minimum absolute atomic E-state index is 0.257. The van der Waals surface area contributed by atoms with Crippen molar-refractivity contribution in [3.05, 3.63) is 23.8 Å². The number of hydrogen-bond donors (Lipinski definition) is 2. The van der Waals surface area contributed by atoms with Crippen molar-refractivity contribution in [2.24, 2.45) is 0 Å². The van der Waals surface area contributed by atoms with Crippen LogP contribution in [0.5, 0.6) is 5.75 Å². The van der Waals surface area contributed by atoms with E-state index in [1.54, 1.807) is 19.2 Å². The molecule has 0 aromatic heterocycles. The van der Waals surface area contributed by atoms with Gasteiger partial charge in [-0.2, -0.15) is 0 Å². The van der Waals surface area contributed by atoms with Crippen LogP contribution in [-0.2, 0) is 17.9 Å². The average Bonchev–Trinajstić information content (AvgIpc) is 2.09. The van der Waals surface area contributed by atoms with Crippen molar-refractivity contribution < 1.29 is 12.9 Å². The van der Waals surface area contributed by atoms with Crippen molar-refractivity contribution >= 4 is 17.0 Å². The molecule has 3 N–H and O–H groups in total. The number of hydrogen-bond acceptors (Lipinski definition) is 5. The molecule has 5 nitrogen and oxygen atoms in total. The zero-order valence-electron chi connectivity index (χ0n) is 7.65. The molecule has 1 unspecified atom stereocenters. The second kappa shape index (κ2) is 4.94. The lowest BCUT2D eigenvalue weighted by Crippen LogP contribution is -2.08. The van der Waals surface area contributed by atoms with E-state index in [0.717, 1.165) is 5.56 Å². The molecule has 14 heavy (non-hydrogen) atoms. The Morgan fingerprint density at radius 3 is 2.93 bits per heavy atom. The summed E-state index contributed by atoms with van der Waals surface area (Å²) in [6.07, 6.45) is 0. The highest BCUT2D eigenvalue weighted by Gasteiger charge is 2.03. The van der Waals surface area contributed by atoms with Gasteiger partial charge in [0, 0.05) is 23.9 Å². The average molecular weight is 215 g/mol. The standard InChI is InChI=1S/C8H12N2O3S/c1-10-5-6-2-3-7(9)4-8(6)13-14(11)12/h2-4,10H,5,9H2,1H3,(H,11,12)/p-1. The lowest BCUT2D eigenvalue weighted by atomic mass is 10.2. The first-order valence-corrected chi connectivity index (χ1v) is 4.94. The summed E-state index contributed by atoms with van der Waals surface area (Å²) in [4.78, 5) is 0. The zero-order chi connectivity index (χ0) is 10.6. The summed E-state index contributed by atoms with van der Waals surface area (Å²) in [7, 11) is 1.76. The molecule has 0 amide bonds. The summed E-state index contributed by atoms with van der Waals surface area (Å²) in [6.45, 7) is 0.521. The molecular formula is C8H11N2O3S-. The lowest BCUT2D eigenvalue weighted by molar-refractivity contribution is 0.437. The van der Waals surface area contributed by atoms with Crippen LogP contribution in [0.1, 0.15) is 5.56 Å². The first kappa shape index (κ1) is 11.0. The SMILES string of the molecule is CNCc1ccc(N)cc1OS(=O)[O-]. The van der Waals surface area contributed by atoms with Crippen LogP contribution in [0.2, 0.25) is 0 Å². The van der Waals surface area contributed by atoms with Crippen molar-refractivity contribution in [2.45, 2.75) is 6.54 Å². The van der Waals surface area contributed by atoms with E-state index < -0.39 is 11.4 Å². The Balaban J connectivity index is 2.96. The molecule has 0 bridgehead atoms. The second-order valence-corrected chi connectivity index (χ2v) is 3.26. The van der Waals surface area contributed by atoms with Gasteiger partial charge >= 0.3 is 0 Å². The topological polar surface area (TPSA) is 87.4 Å². The quantitative estimate of drug-likeness (QED) is 0.552. The van der Waals surface area contributed by atoms with Gasteiger partial charge in [-0.1, -0.05) is 6.07 Å². The van der Waals surface area contributed by atoms with E-state index in [1.807, 2.05) is 0 Å². The Morgan fingerprint density at radius 2 is 2.36 bits per heavy atom. The number of nitrogen functional groups attached to an aromatic ring is 1. The van der Waals surface area contributed by atoms with Gasteiger partial charge in [0.05, 0.1) is 0 Å². The van der Waals surface area contributed by atoms with Crippen LogP contribution in [0, 0.1) is 0 Å². The van der Waals surface area contributed by atoms with Gasteiger partial charge in [0.15, 0.2) is 0 Å². The van der Waals surface area contributed by atoms with Crippen molar-refractivity contribution in [1.29, 1.82) is 0 Å². The number of anilines is 1. The van der Waals surface area contributed by atoms with Crippen molar-refractivity contribution in [3.8, 4) is 5.75 Å². The Hall–Kier alpha value is -1.11. The van der Waals surface area contributed by atoms with Crippen LogP contribution in [0.3, 0.4) is 0 Å². The minimum atomic E-state index is -2.57. The van der Waals surface area contributed by atoms with Crippen LogP contribution < -0.4 is 15.2 Å². The van der Waals surface area contributed by atoms with E-state index in [9.17, 15) is 8.76 Å². The molecular weight excluding hydrogens is 204 g/mol. The molecule has 0 aliphatic heterocycles. The van der Waals surface area contributed by atoms with Crippen molar-refractivity contribution in [1.82, 2.24) is 5.32 Å². The van der Waals surface area contributed by atoms with Gasteiger partial charge in [0.2, 0.25) is 0 Å². The molecule has 1 rings (SSSR count). The van der Waals surface area contributed by atoms with Gasteiger partial charge in [-0.3, -0.25) is 0 Å². The molecule has 0 radical (unpaired) electrons. The van der Waals surface area contributed by atoms with Gasteiger partial charge < -0.3 is 19.8 Å². The number of nitrogens with two attached hydrogens (primary N) is 1. The summed E-state index contributed by atoms with van der Waals surface area (Å²) >= 11 is -2.57. The molecule has 0 aliphatic carbocycles. The normalized spacial score (nSPS) is 12.4. The second-order valence-electron chi connectivity index (χ2n) is 2.68. The van der Waals surface area contributed by atoms with Crippen LogP contribution in [-0.4, -0.2) is 15.8 Å². The molecule has 6 heteroatoms. The van der Waals surface area contributed by atoms with Gasteiger partial charge in [0.25, 0.3) is 0 Å². The van der Waals surface area contributed by atoms with Gasteiger partial charge in [0.1, 0.15) is 17.1 Å². The number of rotatable bonds is 4. The third-order valence-corrected chi connectivity index (χ3v) is 1.93. The molecule has 0 aliphatic rings. The van der Waals surface area contributed by atoms with Crippen LogP contribution in [0.4, 0.5) is 5.69 Å². The van der Waals surface area contributed by atoms with E-state index in [4.69, 9.17) is 5.73 Å². The van der Waals surface area contributed by atoms with E-state index in [2.05, 4.69) is 9.50 Å². The summed E-state index contributed by atoms with van der Waals surface area (Å²) < 4.78 is 25.3. The van der Waals surface area contributed by atoms with Gasteiger partial charge in [-0.05, 0) is 13.1 Å². The molecule has 1 aromatic carbocycles. The van der Waals surface area contributed by atoms with Gasteiger partial charge in [-0.25, -0.2) is 4.21 Å². The maximum absolute atomic E-state index is 10.4. The number of nitrogens with one attached hydrogen (secondary N) is 1. The molecule has 0 spiro atoms. The number of benzene rings is 1. The highest BCUT2D eigenvalue weighted by Crippen LogP contribution is 2.22. The highest BCUT2D eigenvalue weighted by molar-refractivity contribution is 7.74. The largest absolute Gasteiger partial charge is 0.740 e. The summed E-state index contributed by atoms with van der Waals surface area (Å²) in [6, 6.07) is 4.88. The molecule has 0 saturated carbocycles. The fraction of sp³-hybridized carbons (Fsp3) is 0.250.